The molecule has 0 spiro atoms. The number of nitrogens with zero attached hydrogens (tertiary/aromatic N) is 3. The maximum absolute atomic E-state index is 11.7. The first-order chi connectivity index (χ1) is 11.8. The second kappa shape index (κ2) is 6.60. The summed E-state index contributed by atoms with van der Waals surface area (Å²) in [4.78, 5) is 13.3. The van der Waals surface area contributed by atoms with E-state index in [2.05, 4.69) is 20.3 Å². The molecular formula is C15H17ClN6O2S. The summed E-state index contributed by atoms with van der Waals surface area (Å²) < 4.78 is 23.4. The second-order valence-corrected chi connectivity index (χ2v) is 7.78. The van der Waals surface area contributed by atoms with Crippen LogP contribution in [0, 0.1) is 0 Å². The zero-order chi connectivity index (χ0) is 18.2. The number of hydrogen-bond acceptors (Lipinski definition) is 6. The molecule has 0 saturated carbocycles. The van der Waals surface area contributed by atoms with Gasteiger partial charge in [-0.3, -0.25) is 0 Å². The van der Waals surface area contributed by atoms with E-state index < -0.39 is 10.0 Å². The van der Waals surface area contributed by atoms with Crippen molar-refractivity contribution in [3.63, 3.8) is 0 Å². The Labute approximate surface area is 150 Å². The fourth-order valence-electron chi connectivity index (χ4n) is 2.47. The topological polar surface area (TPSA) is 117 Å². The number of anilines is 2. The number of aromatic amines is 1. The highest BCUT2D eigenvalue weighted by Gasteiger charge is 2.15. The lowest BCUT2D eigenvalue weighted by Gasteiger charge is -2.16. The lowest BCUT2D eigenvalue weighted by atomic mass is 10.1. The molecule has 0 unspecified atom stereocenters. The van der Waals surface area contributed by atoms with Gasteiger partial charge in [0.2, 0.25) is 10.0 Å². The van der Waals surface area contributed by atoms with E-state index in [0.717, 1.165) is 5.56 Å². The molecule has 10 heteroatoms. The zero-order valence-corrected chi connectivity index (χ0v) is 15.2. The normalized spacial score (nSPS) is 12.0. The van der Waals surface area contributed by atoms with Gasteiger partial charge >= 0.3 is 0 Å². The van der Waals surface area contributed by atoms with E-state index in [9.17, 15) is 8.42 Å². The number of benzene rings is 1. The Morgan fingerprint density at radius 2 is 2.08 bits per heavy atom. The van der Waals surface area contributed by atoms with Gasteiger partial charge in [0, 0.05) is 18.4 Å². The van der Waals surface area contributed by atoms with Crippen LogP contribution in [0.2, 0.25) is 5.02 Å². The Hall–Kier alpha value is -2.20. The van der Waals surface area contributed by atoms with Crippen molar-refractivity contribution < 1.29 is 8.42 Å². The Bertz CT molecular complexity index is 1030. The third kappa shape index (κ3) is 3.74. The molecule has 132 valence electrons. The van der Waals surface area contributed by atoms with Crippen LogP contribution in [0.1, 0.15) is 5.56 Å². The van der Waals surface area contributed by atoms with Gasteiger partial charge in [0.25, 0.3) is 0 Å². The van der Waals surface area contributed by atoms with Crippen molar-refractivity contribution in [1.82, 2.24) is 19.9 Å². The molecule has 25 heavy (non-hydrogen) atoms. The molecule has 0 fully saturated rings. The summed E-state index contributed by atoms with van der Waals surface area (Å²) in [7, 11) is 0.0186. The second-order valence-electron chi connectivity index (χ2n) is 5.81. The number of halogens is 1. The number of H-pyrrole nitrogens is 1. The summed E-state index contributed by atoms with van der Waals surface area (Å²) >= 11 is 6.20. The molecule has 0 saturated heterocycles. The fraction of sp³-hybridized carbons (Fsp3) is 0.200. The van der Waals surface area contributed by atoms with Gasteiger partial charge in [-0.25, -0.2) is 23.5 Å². The van der Waals surface area contributed by atoms with Crippen LogP contribution < -0.4 is 10.5 Å². The quantitative estimate of drug-likeness (QED) is 0.623. The summed E-state index contributed by atoms with van der Waals surface area (Å²) in [6.07, 6.45) is 3.01. The molecule has 0 amide bonds. The summed E-state index contributed by atoms with van der Waals surface area (Å²) in [6.45, 7) is 0.600. The van der Waals surface area contributed by atoms with Crippen LogP contribution in [0.3, 0.4) is 0 Å². The minimum Gasteiger partial charge on any atom is -0.344 e. The first-order valence-electron chi connectivity index (χ1n) is 7.31. The number of sulfonamides is 1. The van der Waals surface area contributed by atoms with Gasteiger partial charge in [-0.1, -0.05) is 17.7 Å². The van der Waals surface area contributed by atoms with Gasteiger partial charge in [0.1, 0.15) is 17.8 Å². The highest BCUT2D eigenvalue weighted by Crippen LogP contribution is 2.31. The van der Waals surface area contributed by atoms with E-state index in [1.54, 1.807) is 12.3 Å². The number of rotatable bonds is 5. The van der Waals surface area contributed by atoms with E-state index in [4.69, 9.17) is 16.7 Å². The third-order valence-electron chi connectivity index (χ3n) is 3.57. The number of nitrogens with one attached hydrogen (secondary N) is 2. The molecule has 1 aromatic carbocycles. The molecule has 0 bridgehead atoms. The molecule has 0 atom stereocenters. The first kappa shape index (κ1) is 17.6. The number of fused-ring (bicyclic) bond motifs is 1. The lowest BCUT2D eigenvalue weighted by molar-refractivity contribution is 0.403. The molecule has 3 rings (SSSR count). The molecule has 0 aliphatic carbocycles. The van der Waals surface area contributed by atoms with Crippen molar-refractivity contribution in [3.05, 3.63) is 41.3 Å². The highest BCUT2D eigenvalue weighted by atomic mass is 35.5. The minimum atomic E-state index is -3.82. The van der Waals surface area contributed by atoms with Crippen molar-refractivity contribution in [1.29, 1.82) is 0 Å². The molecular weight excluding hydrogens is 364 g/mol. The van der Waals surface area contributed by atoms with Gasteiger partial charge in [-0.15, -0.1) is 0 Å². The Morgan fingerprint density at radius 3 is 2.76 bits per heavy atom. The summed E-state index contributed by atoms with van der Waals surface area (Å²) in [5.41, 5.74) is 2.05. The first-order valence-corrected chi connectivity index (χ1v) is 9.23. The zero-order valence-electron chi connectivity index (χ0n) is 13.6. The van der Waals surface area contributed by atoms with Gasteiger partial charge < -0.3 is 15.2 Å². The minimum absolute atomic E-state index is 0.0166. The summed E-state index contributed by atoms with van der Waals surface area (Å²) in [6, 6.07) is 4.69. The van der Waals surface area contributed by atoms with E-state index in [1.807, 2.05) is 19.0 Å². The Kier molecular flexibility index (Phi) is 4.65. The van der Waals surface area contributed by atoms with Crippen molar-refractivity contribution in [3.8, 4) is 0 Å². The van der Waals surface area contributed by atoms with Gasteiger partial charge in [-0.05, 0) is 31.8 Å². The van der Waals surface area contributed by atoms with Crippen LogP contribution in [0.4, 0.5) is 11.5 Å². The largest absolute Gasteiger partial charge is 0.344 e. The Morgan fingerprint density at radius 1 is 1.32 bits per heavy atom. The number of primary sulfonamides is 1. The molecule has 0 aliphatic rings. The van der Waals surface area contributed by atoms with Gasteiger partial charge in [0.05, 0.1) is 15.3 Å². The van der Waals surface area contributed by atoms with E-state index >= 15 is 0 Å². The number of hydrogen-bond donors (Lipinski definition) is 3. The fourth-order valence-corrected chi connectivity index (χ4v) is 3.25. The van der Waals surface area contributed by atoms with E-state index in [-0.39, 0.29) is 4.90 Å². The van der Waals surface area contributed by atoms with Crippen LogP contribution in [-0.2, 0) is 16.6 Å². The third-order valence-corrected chi connectivity index (χ3v) is 4.78. The van der Waals surface area contributed by atoms with Crippen LogP contribution >= 0.6 is 11.6 Å². The van der Waals surface area contributed by atoms with Crippen molar-refractivity contribution >= 4 is 44.2 Å². The van der Waals surface area contributed by atoms with Crippen LogP contribution in [-0.4, -0.2) is 42.4 Å². The summed E-state index contributed by atoms with van der Waals surface area (Å²) in [5, 5.41) is 9.50. The highest BCUT2D eigenvalue weighted by molar-refractivity contribution is 7.89. The van der Waals surface area contributed by atoms with Gasteiger partial charge in [-0.2, -0.15) is 0 Å². The van der Waals surface area contributed by atoms with Crippen LogP contribution in [0.25, 0.3) is 11.0 Å². The van der Waals surface area contributed by atoms with E-state index in [1.165, 1.54) is 18.5 Å². The molecule has 8 nitrogen and oxygen atoms in total. The predicted molar refractivity (Wildman–Crippen MR) is 97.4 cm³/mol. The SMILES string of the molecule is CN(C)Cc1ccc(S(N)(=O)=O)cc1Nc1ncnc2[nH]cc(Cl)c12. The Balaban J connectivity index is 2.12. The molecule has 0 aliphatic heterocycles. The van der Waals surface area contributed by atoms with Crippen molar-refractivity contribution in [2.75, 3.05) is 19.4 Å². The van der Waals surface area contributed by atoms with Crippen molar-refractivity contribution in [2.24, 2.45) is 5.14 Å². The molecule has 0 radical (unpaired) electrons. The molecule has 3 aromatic rings. The number of aromatic nitrogens is 3. The lowest BCUT2D eigenvalue weighted by Crippen LogP contribution is -2.15. The van der Waals surface area contributed by atoms with Crippen LogP contribution in [0.5, 0.6) is 0 Å². The average molecular weight is 381 g/mol. The maximum Gasteiger partial charge on any atom is 0.238 e. The summed E-state index contributed by atoms with van der Waals surface area (Å²) in [5.74, 6) is 0.475. The van der Waals surface area contributed by atoms with E-state index in [0.29, 0.717) is 34.1 Å². The predicted octanol–water partition coefficient (Wildman–Crippen LogP) is 2.06. The standard InChI is InChI=1S/C15H17ClN6O2S/c1-22(2)7-9-3-4-10(25(17,23)24)5-12(9)21-15-13-11(16)6-18-14(13)19-8-20-15/h3-6,8H,7H2,1-2H3,(H2,17,23,24)(H2,18,19,20,21). The monoisotopic (exact) mass is 380 g/mol. The maximum atomic E-state index is 11.7. The molecule has 2 aromatic heterocycles. The molecule has 2 heterocycles. The average Bonchev–Trinajstić information content (AvgIpc) is 2.90. The van der Waals surface area contributed by atoms with Gasteiger partial charge in [0.15, 0.2) is 0 Å². The molecule has 4 N–H and O–H groups in total. The van der Waals surface area contributed by atoms with Crippen LogP contribution in [0.15, 0.2) is 35.6 Å². The van der Waals surface area contributed by atoms with Crippen molar-refractivity contribution in [2.45, 2.75) is 11.4 Å². The number of nitrogens with two attached hydrogens (primary N) is 1. The smallest absolute Gasteiger partial charge is 0.238 e.